The van der Waals surface area contributed by atoms with Gasteiger partial charge in [0.2, 0.25) is 0 Å². The lowest BCUT2D eigenvalue weighted by Gasteiger charge is -2.07. The second-order valence-electron chi connectivity index (χ2n) is 12.2. The zero-order valence-corrected chi connectivity index (χ0v) is 27.1. The predicted octanol–water partition coefficient (Wildman–Crippen LogP) is 9.96. The van der Waals surface area contributed by atoms with Gasteiger partial charge in [0.1, 0.15) is 11.6 Å². The van der Waals surface area contributed by atoms with E-state index in [4.69, 9.17) is 0 Å². The molecule has 0 atom stereocenters. The molecule has 0 aliphatic rings. The van der Waals surface area contributed by atoms with Crippen molar-refractivity contribution in [3.8, 4) is 45.0 Å². The molecule has 0 saturated carbocycles. The van der Waals surface area contributed by atoms with Crippen LogP contribution in [0.4, 0.5) is 13.2 Å². The summed E-state index contributed by atoms with van der Waals surface area (Å²) in [6.07, 6.45) is 2.47. The van der Waals surface area contributed by atoms with Crippen molar-refractivity contribution in [2.75, 3.05) is 0 Å². The van der Waals surface area contributed by atoms with E-state index >= 15 is 0 Å². The molecule has 0 unspecified atom stereocenters. The van der Waals surface area contributed by atoms with Gasteiger partial charge in [0, 0.05) is 23.5 Å². The number of aromatic nitrogens is 9. The summed E-state index contributed by atoms with van der Waals surface area (Å²) in [7, 11) is 0. The first kappa shape index (κ1) is 30.9. The van der Waals surface area contributed by atoms with Gasteiger partial charge in [-0.1, -0.05) is 36.4 Å². The van der Waals surface area contributed by atoms with Crippen molar-refractivity contribution in [2.24, 2.45) is 0 Å². The molecule has 0 radical (unpaired) electrons. The van der Waals surface area contributed by atoms with E-state index < -0.39 is 11.7 Å². The number of hydrogen-bond acceptors (Lipinski definition) is 5. The maximum absolute atomic E-state index is 13.1. The first-order chi connectivity index (χ1) is 25.3. The number of alkyl halides is 3. The van der Waals surface area contributed by atoms with Crippen LogP contribution in [0.3, 0.4) is 0 Å². The van der Waals surface area contributed by atoms with Crippen LogP contribution in [-0.2, 0) is 6.18 Å². The van der Waals surface area contributed by atoms with Crippen LogP contribution < -0.4 is 0 Å². The highest BCUT2D eigenvalue weighted by Gasteiger charge is 2.30. The third-order valence-electron chi connectivity index (χ3n) is 8.89. The lowest BCUT2D eigenvalue weighted by atomic mass is 10.0. The van der Waals surface area contributed by atoms with Crippen molar-refractivity contribution in [2.45, 2.75) is 6.18 Å². The molecule has 0 aliphatic carbocycles. The van der Waals surface area contributed by atoms with E-state index in [1.807, 2.05) is 60.7 Å². The van der Waals surface area contributed by atoms with Crippen molar-refractivity contribution in [3.05, 3.63) is 140 Å². The number of rotatable bonds is 4. The second-order valence-corrected chi connectivity index (χ2v) is 12.2. The Morgan fingerprint density at radius 1 is 0.442 bits per heavy atom. The number of aromatic amines is 4. The Labute approximate surface area is 292 Å². The fourth-order valence-corrected chi connectivity index (χ4v) is 6.23. The molecular formula is C40H26F3N9. The Morgan fingerprint density at radius 2 is 0.923 bits per heavy atom. The molecule has 5 heterocycles. The van der Waals surface area contributed by atoms with Crippen LogP contribution in [0, 0.1) is 0 Å². The van der Waals surface area contributed by atoms with Crippen molar-refractivity contribution in [3.63, 3.8) is 0 Å². The Bertz CT molecular complexity index is 2790. The number of fused-ring (bicyclic) bond motifs is 4. The Balaban J connectivity index is 0.000000167. The smallest absolute Gasteiger partial charge is 0.345 e. The fourth-order valence-electron chi connectivity index (χ4n) is 6.23. The van der Waals surface area contributed by atoms with E-state index in [0.29, 0.717) is 16.9 Å². The molecule has 9 nitrogen and oxygen atoms in total. The Morgan fingerprint density at radius 3 is 1.44 bits per heavy atom. The van der Waals surface area contributed by atoms with Crippen LogP contribution in [0.15, 0.2) is 134 Å². The number of nitrogens with zero attached hydrogens (tertiary/aromatic N) is 5. The molecule has 5 aromatic heterocycles. The number of imidazole rings is 4. The van der Waals surface area contributed by atoms with E-state index in [2.05, 4.69) is 69.1 Å². The fraction of sp³-hybridized carbons (Fsp3) is 0.0250. The summed E-state index contributed by atoms with van der Waals surface area (Å²) in [5.74, 6) is 1.16. The number of H-pyrrole nitrogens is 4. The third kappa shape index (κ3) is 5.92. The molecule has 0 amide bonds. The van der Waals surface area contributed by atoms with Crippen LogP contribution in [0.2, 0.25) is 0 Å². The van der Waals surface area contributed by atoms with E-state index in [1.165, 1.54) is 17.2 Å². The van der Waals surface area contributed by atoms with Crippen molar-refractivity contribution < 1.29 is 13.2 Å². The average molecular weight is 690 g/mol. The van der Waals surface area contributed by atoms with Gasteiger partial charge in [0.05, 0.1) is 62.4 Å². The molecule has 10 rings (SSSR count). The summed E-state index contributed by atoms with van der Waals surface area (Å²) >= 11 is 0. The standard InChI is InChI=1S/C26H16F3N5.C14H10N4/c27-26(28,29)19-3-1-2-18(12-19)25-32-21-7-5-17(14-23(21)34-25)16-4-6-20-22(13-16)33-24(31-20)15-8-10-30-11-9-15;1-3-11-13(17-7-15-11)5-9(1)10-2-4-12-14(6-10)18-8-16-12/h1-14H,(H,31,33)(H,32,34);1-8H,(H,15,17)(H,16,18). The van der Waals surface area contributed by atoms with Gasteiger partial charge in [0.25, 0.3) is 0 Å². The van der Waals surface area contributed by atoms with Crippen molar-refractivity contribution in [1.82, 2.24) is 44.9 Å². The van der Waals surface area contributed by atoms with Gasteiger partial charge in [0.15, 0.2) is 0 Å². The van der Waals surface area contributed by atoms with Crippen molar-refractivity contribution in [1.29, 1.82) is 0 Å². The molecule has 0 saturated heterocycles. The highest BCUT2D eigenvalue weighted by Crippen LogP contribution is 2.33. The SMILES string of the molecule is FC(F)(F)c1cccc(-c2nc3ccc(-c4ccc5nc(-c6ccncc6)[nH]c5c4)cc3[nH]2)c1.c1nc2ccc(-c3ccc4nc[nH]c4c3)cc2[nH]1. The molecule has 0 fully saturated rings. The van der Waals surface area contributed by atoms with Crippen LogP contribution in [0.25, 0.3) is 89.2 Å². The molecule has 52 heavy (non-hydrogen) atoms. The van der Waals surface area contributed by atoms with Crippen LogP contribution in [0.5, 0.6) is 0 Å². The quantitative estimate of drug-likeness (QED) is 0.146. The van der Waals surface area contributed by atoms with E-state index in [9.17, 15) is 13.2 Å². The molecule has 12 heteroatoms. The van der Waals surface area contributed by atoms with Gasteiger partial charge in [-0.25, -0.2) is 19.9 Å². The summed E-state index contributed by atoms with van der Waals surface area (Å²) in [4.78, 5) is 34.4. The number of nitrogens with one attached hydrogen (secondary N) is 4. The normalized spacial score (nSPS) is 11.8. The average Bonchev–Trinajstić information content (AvgIpc) is 3.99. The lowest BCUT2D eigenvalue weighted by Crippen LogP contribution is -2.04. The second kappa shape index (κ2) is 12.4. The van der Waals surface area contributed by atoms with Gasteiger partial charge < -0.3 is 19.9 Å². The Hall–Kier alpha value is -7.08. The largest absolute Gasteiger partial charge is 0.416 e. The first-order valence-electron chi connectivity index (χ1n) is 16.3. The maximum Gasteiger partial charge on any atom is 0.416 e. The zero-order valence-electron chi connectivity index (χ0n) is 27.1. The van der Waals surface area contributed by atoms with Gasteiger partial charge in [-0.15, -0.1) is 0 Å². The third-order valence-corrected chi connectivity index (χ3v) is 8.89. The summed E-state index contributed by atoms with van der Waals surface area (Å²) in [5, 5.41) is 0. The summed E-state index contributed by atoms with van der Waals surface area (Å²) in [6, 6.07) is 33.1. The van der Waals surface area contributed by atoms with Gasteiger partial charge >= 0.3 is 6.18 Å². The summed E-state index contributed by atoms with van der Waals surface area (Å²) in [5.41, 5.74) is 12.2. The van der Waals surface area contributed by atoms with Crippen molar-refractivity contribution >= 4 is 44.1 Å². The Kier molecular flexibility index (Phi) is 7.35. The monoisotopic (exact) mass is 689 g/mol. The summed E-state index contributed by atoms with van der Waals surface area (Å²) in [6.45, 7) is 0. The first-order valence-corrected chi connectivity index (χ1v) is 16.3. The highest BCUT2D eigenvalue weighted by atomic mass is 19.4. The topological polar surface area (TPSA) is 128 Å². The van der Waals surface area contributed by atoms with Crippen LogP contribution in [-0.4, -0.2) is 44.9 Å². The minimum Gasteiger partial charge on any atom is -0.345 e. The van der Waals surface area contributed by atoms with E-state index in [0.717, 1.165) is 73.3 Å². The zero-order chi connectivity index (χ0) is 35.2. The molecule has 4 N–H and O–H groups in total. The molecule has 5 aromatic carbocycles. The molecule has 0 spiro atoms. The van der Waals surface area contributed by atoms with Gasteiger partial charge in [-0.3, -0.25) is 4.98 Å². The number of hydrogen-bond donors (Lipinski definition) is 4. The van der Waals surface area contributed by atoms with Crippen LogP contribution >= 0.6 is 0 Å². The van der Waals surface area contributed by atoms with Gasteiger partial charge in [-0.2, -0.15) is 13.2 Å². The molecule has 0 aliphatic heterocycles. The maximum atomic E-state index is 13.1. The number of benzene rings is 5. The minimum atomic E-state index is -4.40. The predicted molar refractivity (Wildman–Crippen MR) is 196 cm³/mol. The number of pyridine rings is 1. The molecular weight excluding hydrogens is 663 g/mol. The lowest BCUT2D eigenvalue weighted by molar-refractivity contribution is -0.137. The highest BCUT2D eigenvalue weighted by molar-refractivity contribution is 5.89. The number of halogens is 3. The summed E-state index contributed by atoms with van der Waals surface area (Å²) < 4.78 is 39.3. The molecule has 10 aromatic rings. The minimum absolute atomic E-state index is 0.384. The van der Waals surface area contributed by atoms with E-state index in [1.54, 1.807) is 31.1 Å². The van der Waals surface area contributed by atoms with Gasteiger partial charge in [-0.05, 0) is 95.1 Å². The molecule has 252 valence electrons. The molecule has 0 bridgehead atoms. The van der Waals surface area contributed by atoms with Crippen LogP contribution in [0.1, 0.15) is 5.56 Å². The van der Waals surface area contributed by atoms with E-state index in [-0.39, 0.29) is 0 Å².